The van der Waals surface area contributed by atoms with Gasteiger partial charge in [0.05, 0.1) is 12.1 Å². The van der Waals surface area contributed by atoms with E-state index in [1.807, 2.05) is 18.2 Å². The molecule has 0 atom stereocenters. The number of benzene rings is 1. The Morgan fingerprint density at radius 1 is 1.10 bits per heavy atom. The maximum atomic E-state index is 9.42. The summed E-state index contributed by atoms with van der Waals surface area (Å²) in [5.74, 6) is 0.969. The molecule has 0 aliphatic heterocycles. The second kappa shape index (κ2) is 6.18. The summed E-state index contributed by atoms with van der Waals surface area (Å²) in [5, 5.41) is 10.5. The van der Waals surface area contributed by atoms with E-state index in [1.165, 1.54) is 32.1 Å². The van der Waals surface area contributed by atoms with E-state index in [9.17, 15) is 5.11 Å². The average Bonchev–Trinajstić information content (AvgIpc) is 2.53. The minimum Gasteiger partial charge on any atom is -0.395 e. The maximum absolute atomic E-state index is 9.42. The Bertz CT molecular complexity index is 561. The summed E-state index contributed by atoms with van der Waals surface area (Å²) in [6.07, 6.45) is 7.89. The quantitative estimate of drug-likeness (QED) is 0.929. The number of fused-ring (bicyclic) bond motifs is 1. The molecule has 0 saturated heterocycles. The van der Waals surface area contributed by atoms with Gasteiger partial charge in [-0.2, -0.15) is 0 Å². The molecule has 1 N–H and O–H groups in total. The van der Waals surface area contributed by atoms with Crippen LogP contribution in [0, 0.1) is 0 Å². The summed E-state index contributed by atoms with van der Waals surface area (Å²) in [6.45, 7) is 0.806. The van der Waals surface area contributed by atoms with Gasteiger partial charge in [-0.15, -0.1) is 0 Å². The third-order valence-electron chi connectivity index (χ3n) is 4.15. The summed E-state index contributed by atoms with van der Waals surface area (Å²) >= 11 is 0. The first kappa shape index (κ1) is 13.3. The van der Waals surface area contributed by atoms with Crippen LogP contribution in [-0.4, -0.2) is 34.3 Å². The Balaban J connectivity index is 2.00. The number of hydrogen-bond donors (Lipinski definition) is 1. The molecular formula is C16H21N3O. The fraction of sp³-hybridized carbons (Fsp3) is 0.500. The van der Waals surface area contributed by atoms with Crippen LogP contribution in [0.5, 0.6) is 0 Å². The Morgan fingerprint density at radius 3 is 2.70 bits per heavy atom. The number of rotatable bonds is 4. The smallest absolute Gasteiger partial charge is 0.140 e. The molecule has 0 unspecified atom stereocenters. The minimum absolute atomic E-state index is 0.162. The summed E-state index contributed by atoms with van der Waals surface area (Å²) in [5.41, 5.74) is 0.969. The van der Waals surface area contributed by atoms with Gasteiger partial charge in [-0.3, -0.25) is 0 Å². The Labute approximate surface area is 119 Å². The number of anilines is 1. The molecule has 3 rings (SSSR count). The lowest BCUT2D eigenvalue weighted by molar-refractivity contribution is 0.289. The number of hydrogen-bond acceptors (Lipinski definition) is 4. The van der Waals surface area contributed by atoms with Crippen molar-refractivity contribution in [3.8, 4) is 0 Å². The van der Waals surface area contributed by atoms with E-state index in [-0.39, 0.29) is 6.61 Å². The summed E-state index contributed by atoms with van der Waals surface area (Å²) in [7, 11) is 0. The van der Waals surface area contributed by atoms with E-state index in [2.05, 4.69) is 20.9 Å². The van der Waals surface area contributed by atoms with Crippen molar-refractivity contribution in [2.45, 2.75) is 38.1 Å². The predicted octanol–water partition coefficient (Wildman–Crippen LogP) is 2.76. The van der Waals surface area contributed by atoms with Crippen LogP contribution in [0.4, 0.5) is 5.82 Å². The highest BCUT2D eigenvalue weighted by Gasteiger charge is 2.23. The number of aliphatic hydroxyl groups is 1. The lowest BCUT2D eigenvalue weighted by atomic mass is 9.94. The number of para-hydroxylation sites is 1. The van der Waals surface area contributed by atoms with Crippen LogP contribution in [-0.2, 0) is 0 Å². The van der Waals surface area contributed by atoms with Gasteiger partial charge in [-0.25, -0.2) is 9.97 Å². The van der Waals surface area contributed by atoms with Crippen LogP contribution in [0.3, 0.4) is 0 Å². The van der Waals surface area contributed by atoms with Gasteiger partial charge in [0, 0.05) is 18.0 Å². The van der Waals surface area contributed by atoms with Gasteiger partial charge in [0.2, 0.25) is 0 Å². The third-order valence-corrected chi connectivity index (χ3v) is 4.15. The normalized spacial score (nSPS) is 16.4. The van der Waals surface area contributed by atoms with E-state index in [0.29, 0.717) is 12.6 Å². The van der Waals surface area contributed by atoms with Crippen LogP contribution >= 0.6 is 0 Å². The SMILES string of the molecule is OCCN(c1ncnc2ccccc12)C1CCCCC1. The second-order valence-corrected chi connectivity index (χ2v) is 5.42. The van der Waals surface area contributed by atoms with Crippen molar-refractivity contribution in [1.82, 2.24) is 9.97 Å². The lowest BCUT2D eigenvalue weighted by Crippen LogP contribution is -2.39. The number of nitrogens with zero attached hydrogens (tertiary/aromatic N) is 3. The topological polar surface area (TPSA) is 49.2 Å². The average molecular weight is 271 g/mol. The van der Waals surface area contributed by atoms with Gasteiger partial charge in [0.15, 0.2) is 0 Å². The molecule has 106 valence electrons. The van der Waals surface area contributed by atoms with Crippen molar-refractivity contribution >= 4 is 16.7 Å². The second-order valence-electron chi connectivity index (χ2n) is 5.42. The first-order chi connectivity index (χ1) is 9.90. The highest BCUT2D eigenvalue weighted by atomic mass is 16.3. The molecule has 0 radical (unpaired) electrons. The van der Waals surface area contributed by atoms with E-state index >= 15 is 0 Å². The van der Waals surface area contributed by atoms with Gasteiger partial charge >= 0.3 is 0 Å². The molecule has 1 heterocycles. The molecule has 20 heavy (non-hydrogen) atoms. The molecule has 0 bridgehead atoms. The Morgan fingerprint density at radius 2 is 1.90 bits per heavy atom. The van der Waals surface area contributed by atoms with Crippen LogP contribution in [0.1, 0.15) is 32.1 Å². The van der Waals surface area contributed by atoms with Gasteiger partial charge in [0.25, 0.3) is 0 Å². The molecule has 2 aromatic rings. The lowest BCUT2D eigenvalue weighted by Gasteiger charge is -2.35. The highest BCUT2D eigenvalue weighted by molar-refractivity contribution is 5.89. The van der Waals surface area contributed by atoms with Crippen molar-refractivity contribution < 1.29 is 5.11 Å². The monoisotopic (exact) mass is 271 g/mol. The van der Waals surface area contributed by atoms with Gasteiger partial charge in [0.1, 0.15) is 12.1 Å². The zero-order valence-corrected chi connectivity index (χ0v) is 11.7. The molecule has 1 saturated carbocycles. The van der Waals surface area contributed by atoms with E-state index in [4.69, 9.17) is 0 Å². The fourth-order valence-corrected chi connectivity index (χ4v) is 3.18. The maximum Gasteiger partial charge on any atom is 0.140 e. The van der Waals surface area contributed by atoms with E-state index in [1.54, 1.807) is 6.33 Å². The van der Waals surface area contributed by atoms with E-state index in [0.717, 1.165) is 16.7 Å². The molecule has 4 heteroatoms. The molecule has 1 aromatic heterocycles. The highest BCUT2D eigenvalue weighted by Crippen LogP contribution is 2.29. The summed E-state index contributed by atoms with van der Waals surface area (Å²) in [4.78, 5) is 11.1. The molecule has 1 aliphatic carbocycles. The standard InChI is InChI=1S/C16H21N3O/c20-11-10-19(13-6-2-1-3-7-13)16-14-8-4-5-9-15(14)17-12-18-16/h4-5,8-9,12-13,20H,1-3,6-7,10-11H2. The molecule has 1 fully saturated rings. The molecule has 1 aromatic carbocycles. The molecule has 0 spiro atoms. The molecule has 1 aliphatic rings. The van der Waals surface area contributed by atoms with Crippen molar-refractivity contribution in [2.24, 2.45) is 0 Å². The fourth-order valence-electron chi connectivity index (χ4n) is 3.18. The summed E-state index contributed by atoms with van der Waals surface area (Å²) < 4.78 is 0. The zero-order chi connectivity index (χ0) is 13.8. The van der Waals surface area contributed by atoms with Crippen molar-refractivity contribution in [3.63, 3.8) is 0 Å². The van der Waals surface area contributed by atoms with Gasteiger partial charge in [-0.1, -0.05) is 31.4 Å². The molecular weight excluding hydrogens is 250 g/mol. The Kier molecular flexibility index (Phi) is 4.11. The number of aromatic nitrogens is 2. The molecule has 4 nitrogen and oxygen atoms in total. The zero-order valence-electron chi connectivity index (χ0n) is 11.7. The first-order valence-electron chi connectivity index (χ1n) is 7.47. The first-order valence-corrected chi connectivity index (χ1v) is 7.47. The Hall–Kier alpha value is -1.68. The van der Waals surface area contributed by atoms with Crippen molar-refractivity contribution in [3.05, 3.63) is 30.6 Å². The van der Waals surface area contributed by atoms with Crippen LogP contribution in [0.2, 0.25) is 0 Å². The van der Waals surface area contributed by atoms with Crippen LogP contribution in [0.25, 0.3) is 10.9 Å². The van der Waals surface area contributed by atoms with Crippen molar-refractivity contribution in [2.75, 3.05) is 18.1 Å². The number of aliphatic hydroxyl groups excluding tert-OH is 1. The van der Waals surface area contributed by atoms with Crippen LogP contribution < -0.4 is 4.90 Å². The van der Waals surface area contributed by atoms with Gasteiger partial charge < -0.3 is 10.0 Å². The van der Waals surface area contributed by atoms with Crippen molar-refractivity contribution in [1.29, 1.82) is 0 Å². The van der Waals surface area contributed by atoms with E-state index < -0.39 is 0 Å². The largest absolute Gasteiger partial charge is 0.395 e. The third kappa shape index (κ3) is 2.61. The minimum atomic E-state index is 0.162. The molecule has 0 amide bonds. The predicted molar refractivity (Wildman–Crippen MR) is 80.8 cm³/mol. The summed E-state index contributed by atoms with van der Waals surface area (Å²) in [6, 6.07) is 8.59. The van der Waals surface area contributed by atoms with Crippen LogP contribution in [0.15, 0.2) is 30.6 Å². The van der Waals surface area contributed by atoms with Gasteiger partial charge in [-0.05, 0) is 25.0 Å².